The second kappa shape index (κ2) is 5.65. The molecule has 1 heterocycles. The third-order valence-electron chi connectivity index (χ3n) is 2.51. The van der Waals surface area contributed by atoms with Crippen LogP contribution >= 0.6 is 0 Å². The summed E-state index contributed by atoms with van der Waals surface area (Å²) in [5.41, 5.74) is 1.13. The number of ether oxygens (including phenoxy) is 1. The van der Waals surface area contributed by atoms with Gasteiger partial charge in [0.2, 0.25) is 0 Å². The van der Waals surface area contributed by atoms with Gasteiger partial charge in [-0.3, -0.25) is 9.78 Å². The van der Waals surface area contributed by atoms with Crippen LogP contribution in [-0.2, 0) is 0 Å². The molecule has 0 aliphatic heterocycles. The number of nitrogens with one attached hydrogen (secondary N) is 1. The summed E-state index contributed by atoms with van der Waals surface area (Å²) in [6, 6.07) is 10.4. The number of carbonyl (C=O) groups is 1. The first-order valence-electron chi connectivity index (χ1n) is 5.54. The van der Waals surface area contributed by atoms with Crippen molar-refractivity contribution in [1.82, 2.24) is 4.98 Å². The number of hydrogen-bond acceptors (Lipinski definition) is 4. The summed E-state index contributed by atoms with van der Waals surface area (Å²) >= 11 is 0. The van der Waals surface area contributed by atoms with Crippen molar-refractivity contribution >= 4 is 11.6 Å². The smallest absolute Gasteiger partial charge is 0.258 e. The van der Waals surface area contributed by atoms with Gasteiger partial charge in [0.05, 0.1) is 18.2 Å². The van der Waals surface area contributed by atoms with Crippen LogP contribution in [0, 0.1) is 11.3 Å². The number of carbonyl (C=O) groups excluding carboxylic acids is 1. The van der Waals surface area contributed by atoms with Crippen molar-refractivity contribution in [2.24, 2.45) is 0 Å². The standard InChI is InChI=1S/C14H11N3O2/c1-19-12-4-2-3-11(7-12)17-14(18)13-9-16-6-5-10(13)8-15/h2-7,9H,1H3,(H,17,18). The Kier molecular flexibility index (Phi) is 3.74. The van der Waals surface area contributed by atoms with E-state index in [0.29, 0.717) is 11.4 Å². The van der Waals surface area contributed by atoms with Gasteiger partial charge in [-0.2, -0.15) is 5.26 Å². The molecule has 5 heteroatoms. The lowest BCUT2D eigenvalue weighted by Gasteiger charge is -2.07. The van der Waals surface area contributed by atoms with E-state index in [1.807, 2.05) is 6.07 Å². The molecule has 0 bridgehead atoms. The molecular weight excluding hydrogens is 242 g/mol. The molecule has 1 aromatic carbocycles. The van der Waals surface area contributed by atoms with Gasteiger partial charge in [-0.05, 0) is 18.2 Å². The Labute approximate surface area is 110 Å². The van der Waals surface area contributed by atoms with Crippen LogP contribution in [-0.4, -0.2) is 18.0 Å². The topological polar surface area (TPSA) is 75.0 Å². The fraction of sp³-hybridized carbons (Fsp3) is 0.0714. The van der Waals surface area contributed by atoms with E-state index in [1.54, 1.807) is 31.4 Å². The van der Waals surface area contributed by atoms with Crippen molar-refractivity contribution < 1.29 is 9.53 Å². The predicted molar refractivity (Wildman–Crippen MR) is 69.9 cm³/mol. The van der Waals surface area contributed by atoms with Gasteiger partial charge in [-0.1, -0.05) is 6.07 Å². The van der Waals surface area contributed by atoms with Crippen molar-refractivity contribution in [3.63, 3.8) is 0 Å². The Morgan fingerprint density at radius 3 is 3.00 bits per heavy atom. The highest BCUT2D eigenvalue weighted by Gasteiger charge is 2.11. The van der Waals surface area contributed by atoms with Crippen LogP contribution in [0.25, 0.3) is 0 Å². The maximum Gasteiger partial charge on any atom is 0.258 e. The number of amides is 1. The molecule has 1 aromatic heterocycles. The average Bonchev–Trinajstić information content (AvgIpc) is 2.47. The monoisotopic (exact) mass is 253 g/mol. The molecule has 1 amide bonds. The lowest BCUT2D eigenvalue weighted by Crippen LogP contribution is -2.13. The van der Waals surface area contributed by atoms with E-state index < -0.39 is 0 Å². The highest BCUT2D eigenvalue weighted by molar-refractivity contribution is 6.05. The van der Waals surface area contributed by atoms with Crippen molar-refractivity contribution in [3.8, 4) is 11.8 Å². The van der Waals surface area contributed by atoms with Gasteiger partial charge in [0.15, 0.2) is 0 Å². The second-order valence-corrected chi connectivity index (χ2v) is 3.72. The molecule has 94 valence electrons. The van der Waals surface area contributed by atoms with Crippen LogP contribution in [0.2, 0.25) is 0 Å². The molecule has 19 heavy (non-hydrogen) atoms. The van der Waals surface area contributed by atoms with Crippen LogP contribution in [0.15, 0.2) is 42.7 Å². The summed E-state index contributed by atoms with van der Waals surface area (Å²) in [7, 11) is 1.55. The minimum Gasteiger partial charge on any atom is -0.497 e. The number of anilines is 1. The zero-order chi connectivity index (χ0) is 13.7. The van der Waals surface area contributed by atoms with E-state index in [1.165, 1.54) is 18.5 Å². The minimum absolute atomic E-state index is 0.243. The van der Waals surface area contributed by atoms with E-state index in [-0.39, 0.29) is 17.0 Å². The van der Waals surface area contributed by atoms with E-state index in [4.69, 9.17) is 10.00 Å². The molecule has 0 aliphatic carbocycles. The first kappa shape index (κ1) is 12.6. The number of nitrogens with zero attached hydrogens (tertiary/aromatic N) is 2. The van der Waals surface area contributed by atoms with Gasteiger partial charge in [0.25, 0.3) is 5.91 Å². The van der Waals surface area contributed by atoms with E-state index in [2.05, 4.69) is 10.3 Å². The molecule has 0 aliphatic rings. The number of methoxy groups -OCH3 is 1. The Balaban J connectivity index is 2.23. The number of benzene rings is 1. The van der Waals surface area contributed by atoms with Gasteiger partial charge < -0.3 is 10.1 Å². The van der Waals surface area contributed by atoms with Gasteiger partial charge in [0, 0.05) is 24.1 Å². The number of rotatable bonds is 3. The highest BCUT2D eigenvalue weighted by atomic mass is 16.5. The average molecular weight is 253 g/mol. The van der Waals surface area contributed by atoms with Gasteiger partial charge in [-0.15, -0.1) is 0 Å². The Hall–Kier alpha value is -2.87. The fourth-order valence-corrected chi connectivity index (χ4v) is 1.57. The Bertz CT molecular complexity index is 647. The van der Waals surface area contributed by atoms with Crippen LogP contribution in [0.5, 0.6) is 5.75 Å². The molecular formula is C14H11N3O2. The third kappa shape index (κ3) is 2.87. The van der Waals surface area contributed by atoms with Crippen LogP contribution in [0.1, 0.15) is 15.9 Å². The lowest BCUT2D eigenvalue weighted by atomic mass is 10.1. The summed E-state index contributed by atoms with van der Waals surface area (Å²) in [6.07, 6.45) is 2.84. The van der Waals surface area contributed by atoms with Gasteiger partial charge in [0.1, 0.15) is 11.8 Å². The molecule has 0 fully saturated rings. The quantitative estimate of drug-likeness (QED) is 0.910. The molecule has 5 nitrogen and oxygen atoms in total. The number of nitriles is 1. The predicted octanol–water partition coefficient (Wildman–Crippen LogP) is 2.21. The summed E-state index contributed by atoms with van der Waals surface area (Å²) < 4.78 is 5.07. The van der Waals surface area contributed by atoms with Crippen molar-refractivity contribution in [2.75, 3.05) is 12.4 Å². The van der Waals surface area contributed by atoms with Crippen LogP contribution in [0.3, 0.4) is 0 Å². The van der Waals surface area contributed by atoms with Crippen molar-refractivity contribution in [3.05, 3.63) is 53.9 Å². The largest absolute Gasteiger partial charge is 0.497 e. The summed E-state index contributed by atoms with van der Waals surface area (Å²) in [5.74, 6) is 0.266. The van der Waals surface area contributed by atoms with E-state index in [0.717, 1.165) is 0 Å². The third-order valence-corrected chi connectivity index (χ3v) is 2.51. The first-order chi connectivity index (χ1) is 9.24. The molecule has 0 unspecified atom stereocenters. The van der Waals surface area contributed by atoms with Crippen molar-refractivity contribution in [2.45, 2.75) is 0 Å². The molecule has 2 rings (SSSR count). The maximum atomic E-state index is 12.1. The highest BCUT2D eigenvalue weighted by Crippen LogP contribution is 2.18. The van der Waals surface area contributed by atoms with Crippen LogP contribution in [0.4, 0.5) is 5.69 Å². The zero-order valence-electron chi connectivity index (χ0n) is 10.3. The molecule has 0 saturated heterocycles. The molecule has 0 radical (unpaired) electrons. The Morgan fingerprint density at radius 1 is 1.42 bits per heavy atom. The second-order valence-electron chi connectivity index (χ2n) is 3.72. The Morgan fingerprint density at radius 2 is 2.26 bits per heavy atom. The summed E-state index contributed by atoms with van der Waals surface area (Å²) in [5, 5.41) is 11.6. The molecule has 0 saturated carbocycles. The molecule has 2 aromatic rings. The van der Waals surface area contributed by atoms with Gasteiger partial charge in [-0.25, -0.2) is 0 Å². The maximum absolute atomic E-state index is 12.1. The summed E-state index contributed by atoms with van der Waals surface area (Å²) in [6.45, 7) is 0. The zero-order valence-corrected chi connectivity index (χ0v) is 10.3. The van der Waals surface area contributed by atoms with Crippen molar-refractivity contribution in [1.29, 1.82) is 5.26 Å². The molecule has 0 spiro atoms. The molecule has 1 N–H and O–H groups in total. The van der Waals surface area contributed by atoms with Crippen LogP contribution < -0.4 is 10.1 Å². The summed E-state index contributed by atoms with van der Waals surface area (Å²) in [4.78, 5) is 15.9. The normalized spacial score (nSPS) is 9.47. The SMILES string of the molecule is COc1cccc(NC(=O)c2cnccc2C#N)c1. The van der Waals surface area contributed by atoms with Gasteiger partial charge >= 0.3 is 0 Å². The lowest BCUT2D eigenvalue weighted by molar-refractivity contribution is 0.102. The minimum atomic E-state index is -0.377. The van der Waals surface area contributed by atoms with E-state index >= 15 is 0 Å². The fourth-order valence-electron chi connectivity index (χ4n) is 1.57. The first-order valence-corrected chi connectivity index (χ1v) is 5.54. The molecule has 0 atom stereocenters. The number of aromatic nitrogens is 1. The number of hydrogen-bond donors (Lipinski definition) is 1. The number of pyridine rings is 1. The van der Waals surface area contributed by atoms with E-state index in [9.17, 15) is 4.79 Å².